The van der Waals surface area contributed by atoms with Gasteiger partial charge >= 0.3 is 0 Å². The van der Waals surface area contributed by atoms with Crippen molar-refractivity contribution in [1.29, 1.82) is 0 Å². The Bertz CT molecular complexity index is 922. The molecule has 0 aromatic heterocycles. The van der Waals surface area contributed by atoms with Crippen LogP contribution in [0.3, 0.4) is 0 Å². The summed E-state index contributed by atoms with van der Waals surface area (Å²) in [7, 11) is 1.21. The first-order valence-electron chi connectivity index (χ1n) is 11.9. The molecule has 2 aliphatic rings. The van der Waals surface area contributed by atoms with E-state index >= 15 is 0 Å². The Kier molecular flexibility index (Phi) is 1.50. The summed E-state index contributed by atoms with van der Waals surface area (Å²) in [4.78, 5) is 11.9. The predicted molar refractivity (Wildman–Crippen MR) is 76.2 cm³/mol. The minimum Gasteiger partial charge on any atom is -0.493 e. The Morgan fingerprint density at radius 3 is 2.75 bits per heavy atom. The lowest BCUT2D eigenvalue weighted by molar-refractivity contribution is -0.119. The van der Waals surface area contributed by atoms with Gasteiger partial charge in [0.1, 0.15) is 0 Å². The van der Waals surface area contributed by atoms with E-state index in [0.29, 0.717) is 0 Å². The molecule has 0 radical (unpaired) electrons. The van der Waals surface area contributed by atoms with Gasteiger partial charge in [0.05, 0.1) is 13.2 Å². The standard InChI is InChI=1S/C16H21NO3/c1-19-14-7-6-11(12-9-16(18)17-10-12)8-15(14)20-13-4-2-3-5-13/h6-8,12-13H,2-5,9-10H2,1H3,(H,17,18)/i2D2,3D2,4D2,5D2,9D2,10D2. The number of carbonyl (C=O) groups is 1. The average Bonchev–Trinajstić information content (AvgIpc) is 2.84. The number of nitrogens with one attached hydrogen (secondary N) is 1. The SMILES string of the molecule is [2H]C1([2H])NC(=O)C([2H])([2H])C1c1ccc(OC)c(OC2C([2H])([2H])C([2H])([2H])C([2H])([2H])C2([2H])[2H])c1. The lowest BCUT2D eigenvalue weighted by Gasteiger charge is -2.18. The van der Waals surface area contributed by atoms with Gasteiger partial charge in [-0.25, -0.2) is 0 Å². The smallest absolute Gasteiger partial charge is 0.220 e. The van der Waals surface area contributed by atoms with Gasteiger partial charge in [-0.15, -0.1) is 0 Å². The van der Waals surface area contributed by atoms with E-state index in [1.54, 1.807) is 0 Å². The lowest BCUT2D eigenvalue weighted by atomic mass is 9.98. The summed E-state index contributed by atoms with van der Waals surface area (Å²) in [5, 5.41) is 1.93. The van der Waals surface area contributed by atoms with Crippen LogP contribution in [-0.2, 0) is 4.79 Å². The van der Waals surface area contributed by atoms with Crippen molar-refractivity contribution in [3.8, 4) is 11.5 Å². The highest BCUT2D eigenvalue weighted by atomic mass is 16.5. The number of amides is 1. The average molecular weight is 287 g/mol. The maximum absolute atomic E-state index is 11.9. The number of benzene rings is 1. The van der Waals surface area contributed by atoms with Gasteiger partial charge in [0.15, 0.2) is 11.5 Å². The third kappa shape index (κ3) is 2.74. The molecule has 1 aromatic carbocycles. The fourth-order valence-corrected chi connectivity index (χ4v) is 1.90. The molecule has 1 amide bonds. The van der Waals surface area contributed by atoms with E-state index in [1.807, 2.05) is 5.32 Å². The van der Waals surface area contributed by atoms with Crippen LogP contribution in [0.2, 0.25) is 0 Å². The van der Waals surface area contributed by atoms with E-state index in [-0.39, 0.29) is 17.1 Å². The molecular formula is C16H21NO3. The summed E-state index contributed by atoms with van der Waals surface area (Å²) >= 11 is 0. The maximum Gasteiger partial charge on any atom is 0.220 e. The molecule has 1 atom stereocenters. The summed E-state index contributed by atoms with van der Waals surface area (Å²) in [5.41, 5.74) is -0.0840. The second kappa shape index (κ2) is 5.73. The molecule has 1 saturated carbocycles. The molecule has 0 spiro atoms. The first-order chi connectivity index (χ1) is 14.3. The molecule has 1 N–H and O–H groups in total. The Hall–Kier alpha value is -1.71. The Morgan fingerprint density at radius 2 is 2.10 bits per heavy atom. The zero-order valence-corrected chi connectivity index (χ0v) is 10.6. The third-order valence-electron chi connectivity index (χ3n) is 2.84. The molecule has 2 fully saturated rings. The predicted octanol–water partition coefficient (Wildman–Crippen LogP) is 2.62. The highest BCUT2D eigenvalue weighted by molar-refractivity contribution is 5.79. The van der Waals surface area contributed by atoms with Gasteiger partial charge in [-0.1, -0.05) is 6.07 Å². The minimum atomic E-state index is -3.27. The van der Waals surface area contributed by atoms with Crippen LogP contribution >= 0.6 is 0 Å². The van der Waals surface area contributed by atoms with Crippen LogP contribution in [0.15, 0.2) is 18.2 Å². The molecule has 0 bridgehead atoms. The molecule has 1 unspecified atom stereocenters. The van der Waals surface area contributed by atoms with Crippen LogP contribution in [0, 0.1) is 0 Å². The van der Waals surface area contributed by atoms with E-state index in [0.717, 1.165) is 6.07 Å². The summed E-state index contributed by atoms with van der Waals surface area (Å²) in [6.07, 6.45) is -17.7. The van der Waals surface area contributed by atoms with Crippen LogP contribution in [0.1, 0.15) is 59.8 Å². The number of hydrogen-bond donors (Lipinski definition) is 1. The fourth-order valence-electron chi connectivity index (χ4n) is 1.90. The number of methoxy groups -OCH3 is 1. The van der Waals surface area contributed by atoms with Gasteiger partial charge in [-0.3, -0.25) is 4.79 Å². The van der Waals surface area contributed by atoms with Crippen LogP contribution in [-0.4, -0.2) is 25.6 Å². The Balaban J connectivity index is 2.11. The normalized spacial score (nSPS) is 46.9. The van der Waals surface area contributed by atoms with Crippen molar-refractivity contribution in [3.63, 3.8) is 0 Å². The van der Waals surface area contributed by atoms with Gasteiger partial charge in [-0.2, -0.15) is 0 Å². The summed E-state index contributed by atoms with van der Waals surface area (Å²) < 4.78 is 106. The highest BCUT2D eigenvalue weighted by Gasteiger charge is 2.25. The van der Waals surface area contributed by atoms with Crippen molar-refractivity contribution in [2.75, 3.05) is 13.6 Å². The zero-order chi connectivity index (χ0) is 24.7. The fraction of sp³-hybridized carbons (Fsp3) is 0.562. The summed E-state index contributed by atoms with van der Waals surface area (Å²) in [6, 6.07) is 3.54. The number of rotatable bonds is 4. The molecule has 108 valence electrons. The number of carbonyl (C=O) groups excluding carboxylic acids is 1. The topological polar surface area (TPSA) is 47.6 Å². The maximum atomic E-state index is 11.9. The monoisotopic (exact) mass is 287 g/mol. The largest absolute Gasteiger partial charge is 0.493 e. The molecule has 20 heavy (non-hydrogen) atoms. The molecule has 4 heteroatoms. The van der Waals surface area contributed by atoms with Crippen LogP contribution < -0.4 is 14.8 Å². The molecule has 1 aliphatic carbocycles. The van der Waals surface area contributed by atoms with Crippen molar-refractivity contribution in [2.24, 2.45) is 0 Å². The van der Waals surface area contributed by atoms with E-state index in [4.69, 9.17) is 25.9 Å². The van der Waals surface area contributed by atoms with Gasteiger partial charge < -0.3 is 14.8 Å². The first-order valence-corrected chi connectivity index (χ1v) is 5.94. The molecule has 4 nitrogen and oxygen atoms in total. The molecular weight excluding hydrogens is 254 g/mol. The van der Waals surface area contributed by atoms with Crippen molar-refractivity contribution in [2.45, 2.75) is 43.9 Å². The number of ether oxygens (including phenoxy) is 2. The van der Waals surface area contributed by atoms with Gasteiger partial charge in [0, 0.05) is 35.2 Å². The van der Waals surface area contributed by atoms with E-state index in [2.05, 4.69) is 0 Å². The first kappa shape index (κ1) is 5.24. The second-order valence-electron chi connectivity index (χ2n) is 4.12. The number of hydrogen-bond acceptors (Lipinski definition) is 3. The van der Waals surface area contributed by atoms with Crippen molar-refractivity contribution < 1.29 is 30.7 Å². The lowest BCUT2D eigenvalue weighted by Crippen LogP contribution is -2.14. The van der Waals surface area contributed by atoms with E-state index in [9.17, 15) is 4.79 Å². The van der Waals surface area contributed by atoms with Crippen molar-refractivity contribution in [3.05, 3.63) is 23.8 Å². The van der Waals surface area contributed by atoms with Crippen LogP contribution in [0.5, 0.6) is 11.5 Å². The van der Waals surface area contributed by atoms with E-state index < -0.39 is 56.3 Å². The van der Waals surface area contributed by atoms with Crippen LogP contribution in [0.25, 0.3) is 0 Å². The Labute approximate surface area is 136 Å². The van der Waals surface area contributed by atoms with Crippen LogP contribution in [0.4, 0.5) is 0 Å². The van der Waals surface area contributed by atoms with Crippen molar-refractivity contribution in [1.82, 2.24) is 5.32 Å². The minimum absolute atomic E-state index is 0.0840. The van der Waals surface area contributed by atoms with Gasteiger partial charge in [-0.05, 0) is 43.2 Å². The second-order valence-corrected chi connectivity index (χ2v) is 4.12. The Morgan fingerprint density at radius 1 is 1.30 bits per heavy atom. The summed E-state index contributed by atoms with van der Waals surface area (Å²) in [6.45, 7) is -2.49. The highest BCUT2D eigenvalue weighted by Crippen LogP contribution is 2.35. The molecule has 1 aromatic rings. The van der Waals surface area contributed by atoms with E-state index in [1.165, 1.54) is 19.2 Å². The molecule has 1 heterocycles. The quantitative estimate of drug-likeness (QED) is 0.926. The van der Waals surface area contributed by atoms with Gasteiger partial charge in [0.2, 0.25) is 5.91 Å². The molecule has 1 saturated heterocycles. The molecule has 3 rings (SSSR count). The zero-order valence-electron chi connectivity index (χ0n) is 22.6. The molecule has 1 aliphatic heterocycles. The van der Waals surface area contributed by atoms with Gasteiger partial charge in [0.25, 0.3) is 0 Å². The summed E-state index contributed by atoms with van der Waals surface area (Å²) in [5.74, 6) is -3.30. The van der Waals surface area contributed by atoms with Crippen molar-refractivity contribution >= 4 is 5.91 Å². The third-order valence-corrected chi connectivity index (χ3v) is 2.84.